The fraction of sp³-hybridized carbons (Fsp3) is 0.786. The lowest BCUT2D eigenvalue weighted by molar-refractivity contribution is -0.180. The maximum Gasteiger partial charge on any atom is 0.441 e. The van der Waals surface area contributed by atoms with Crippen LogP contribution in [0.3, 0.4) is 0 Å². The van der Waals surface area contributed by atoms with E-state index in [0.717, 1.165) is 19.3 Å². The van der Waals surface area contributed by atoms with E-state index >= 15 is 0 Å². The number of carbonyl (C=O) groups is 3. The van der Waals surface area contributed by atoms with Crippen LogP contribution in [-0.2, 0) is 24.0 Å². The molecule has 1 N–H and O–H groups in total. The van der Waals surface area contributed by atoms with Crippen molar-refractivity contribution in [1.29, 1.82) is 0 Å². The molecule has 0 aromatic rings. The van der Waals surface area contributed by atoms with Gasteiger partial charge in [0, 0.05) is 6.92 Å². The number of carbonyl (C=O) groups excluding carboxylic acids is 3. The van der Waals surface area contributed by atoms with Crippen LogP contribution >= 0.6 is 0 Å². The van der Waals surface area contributed by atoms with E-state index in [2.05, 4.69) is 25.6 Å². The van der Waals surface area contributed by atoms with Crippen molar-refractivity contribution in [2.24, 2.45) is 17.8 Å². The second-order valence-corrected chi connectivity index (χ2v) is 5.82. The van der Waals surface area contributed by atoms with E-state index in [1.807, 2.05) is 5.48 Å². The number of esters is 1. The molecule has 1 fully saturated rings. The van der Waals surface area contributed by atoms with Crippen molar-refractivity contribution in [1.82, 2.24) is 5.48 Å². The zero-order valence-corrected chi connectivity index (χ0v) is 12.5. The molecule has 0 radical (unpaired) electrons. The summed E-state index contributed by atoms with van der Waals surface area (Å²) < 4.78 is 5.26. The Kier molecular flexibility index (Phi) is 5.98. The second-order valence-electron chi connectivity index (χ2n) is 5.82. The number of ether oxygens (including phenoxy) is 1. The lowest BCUT2D eigenvalue weighted by Crippen LogP contribution is -2.39. The van der Waals surface area contributed by atoms with Crippen LogP contribution in [0.15, 0.2) is 0 Å². The summed E-state index contributed by atoms with van der Waals surface area (Å²) in [4.78, 5) is 37.9. The van der Waals surface area contributed by atoms with Gasteiger partial charge >= 0.3 is 11.9 Å². The standard InChI is InChI=1S/C14H23NO5/c1-8(2)11-6-5-9(3)7-12(11)19-13(17)14(18)20-15-10(4)16/h8-9,11-12H,5-7H2,1-4H3,(H,15,16). The molecule has 0 bridgehead atoms. The lowest BCUT2D eigenvalue weighted by Gasteiger charge is -2.36. The molecule has 1 aliphatic carbocycles. The van der Waals surface area contributed by atoms with Crippen molar-refractivity contribution in [2.45, 2.75) is 53.1 Å². The molecular weight excluding hydrogens is 262 g/mol. The predicted octanol–water partition coefficient (Wildman–Crippen LogP) is 1.58. The van der Waals surface area contributed by atoms with Gasteiger partial charge in [-0.15, -0.1) is 0 Å². The topological polar surface area (TPSA) is 81.7 Å². The van der Waals surface area contributed by atoms with E-state index in [0.29, 0.717) is 11.8 Å². The molecule has 0 aromatic heterocycles. The van der Waals surface area contributed by atoms with Crippen LogP contribution in [0, 0.1) is 17.8 Å². The third-order valence-corrected chi connectivity index (χ3v) is 3.67. The average molecular weight is 285 g/mol. The summed E-state index contributed by atoms with van der Waals surface area (Å²) in [7, 11) is 0. The Balaban J connectivity index is 2.56. The Bertz CT molecular complexity index is 380. The summed E-state index contributed by atoms with van der Waals surface area (Å²) in [6.45, 7) is 7.44. The monoisotopic (exact) mass is 285 g/mol. The summed E-state index contributed by atoms with van der Waals surface area (Å²) in [6.07, 6.45) is 2.57. The van der Waals surface area contributed by atoms with Crippen LogP contribution in [0.1, 0.15) is 47.0 Å². The highest BCUT2D eigenvalue weighted by atomic mass is 16.7. The van der Waals surface area contributed by atoms with Crippen molar-refractivity contribution >= 4 is 17.8 Å². The van der Waals surface area contributed by atoms with Crippen molar-refractivity contribution in [3.8, 4) is 0 Å². The van der Waals surface area contributed by atoms with E-state index < -0.39 is 17.8 Å². The van der Waals surface area contributed by atoms with Gasteiger partial charge in [0.05, 0.1) is 0 Å². The SMILES string of the molecule is CC(=O)NOC(=O)C(=O)OC1CC(C)CCC1C(C)C. The van der Waals surface area contributed by atoms with Crippen molar-refractivity contribution in [2.75, 3.05) is 0 Å². The summed E-state index contributed by atoms with van der Waals surface area (Å²) >= 11 is 0. The minimum absolute atomic E-state index is 0.253. The smallest absolute Gasteiger partial charge is 0.441 e. The molecule has 0 aromatic carbocycles. The van der Waals surface area contributed by atoms with Crippen molar-refractivity contribution in [3.05, 3.63) is 0 Å². The molecule has 114 valence electrons. The second kappa shape index (κ2) is 7.26. The minimum Gasteiger partial charge on any atom is -0.454 e. The van der Waals surface area contributed by atoms with Crippen LogP contribution in [0.5, 0.6) is 0 Å². The van der Waals surface area contributed by atoms with Gasteiger partial charge in [-0.05, 0) is 30.6 Å². The van der Waals surface area contributed by atoms with Gasteiger partial charge in [0.15, 0.2) is 0 Å². The summed E-state index contributed by atoms with van der Waals surface area (Å²) in [5, 5.41) is 0. The number of hydrogen-bond donors (Lipinski definition) is 1. The number of amides is 1. The van der Waals surface area contributed by atoms with Gasteiger partial charge in [0.1, 0.15) is 6.10 Å². The molecule has 1 aliphatic rings. The zero-order chi connectivity index (χ0) is 15.3. The average Bonchev–Trinajstić information content (AvgIpc) is 2.35. The lowest BCUT2D eigenvalue weighted by atomic mass is 9.75. The molecule has 1 rings (SSSR count). The first-order chi connectivity index (χ1) is 9.31. The Morgan fingerprint density at radius 2 is 1.80 bits per heavy atom. The van der Waals surface area contributed by atoms with Crippen molar-refractivity contribution in [3.63, 3.8) is 0 Å². The van der Waals surface area contributed by atoms with Crippen LogP contribution in [0.2, 0.25) is 0 Å². The Morgan fingerprint density at radius 3 is 2.35 bits per heavy atom. The molecule has 0 spiro atoms. The molecule has 3 atom stereocenters. The maximum absolute atomic E-state index is 11.7. The van der Waals surface area contributed by atoms with Gasteiger partial charge < -0.3 is 9.57 Å². The first-order valence-corrected chi connectivity index (χ1v) is 6.99. The van der Waals surface area contributed by atoms with Gasteiger partial charge in [-0.3, -0.25) is 4.79 Å². The molecule has 1 amide bonds. The van der Waals surface area contributed by atoms with Gasteiger partial charge in [0.2, 0.25) is 5.91 Å². The highest BCUT2D eigenvalue weighted by Crippen LogP contribution is 2.35. The minimum atomic E-state index is -1.19. The molecule has 1 saturated carbocycles. The highest BCUT2D eigenvalue weighted by molar-refractivity contribution is 6.29. The number of hydroxylamine groups is 1. The molecular formula is C14H23NO5. The fourth-order valence-corrected chi connectivity index (χ4v) is 2.60. The maximum atomic E-state index is 11.7. The summed E-state index contributed by atoms with van der Waals surface area (Å²) in [5.41, 5.74) is 1.82. The Hall–Kier alpha value is -1.59. The first-order valence-electron chi connectivity index (χ1n) is 6.99. The Labute approximate surface area is 119 Å². The Morgan fingerprint density at radius 1 is 1.15 bits per heavy atom. The van der Waals surface area contributed by atoms with Gasteiger partial charge in [-0.25, -0.2) is 9.59 Å². The first kappa shape index (κ1) is 16.5. The van der Waals surface area contributed by atoms with Gasteiger partial charge in [-0.2, -0.15) is 5.48 Å². The van der Waals surface area contributed by atoms with Gasteiger partial charge in [0.25, 0.3) is 0 Å². The molecule has 0 heterocycles. The van der Waals surface area contributed by atoms with Crippen LogP contribution < -0.4 is 5.48 Å². The third kappa shape index (κ3) is 4.83. The molecule has 3 unspecified atom stereocenters. The van der Waals surface area contributed by atoms with Crippen LogP contribution in [0.25, 0.3) is 0 Å². The molecule has 20 heavy (non-hydrogen) atoms. The van der Waals surface area contributed by atoms with Gasteiger partial charge in [-0.1, -0.05) is 27.2 Å². The predicted molar refractivity (Wildman–Crippen MR) is 71.1 cm³/mol. The van der Waals surface area contributed by atoms with E-state index in [-0.39, 0.29) is 12.0 Å². The fourth-order valence-electron chi connectivity index (χ4n) is 2.60. The van der Waals surface area contributed by atoms with Crippen LogP contribution in [0.4, 0.5) is 0 Å². The molecule has 0 saturated heterocycles. The van der Waals surface area contributed by atoms with E-state index in [1.54, 1.807) is 0 Å². The number of rotatable bonds is 2. The van der Waals surface area contributed by atoms with E-state index in [1.165, 1.54) is 6.92 Å². The number of hydrogen-bond acceptors (Lipinski definition) is 5. The quantitative estimate of drug-likeness (QED) is 0.473. The number of nitrogens with one attached hydrogen (secondary N) is 1. The largest absolute Gasteiger partial charge is 0.454 e. The van der Waals surface area contributed by atoms with E-state index in [4.69, 9.17) is 4.74 Å². The highest BCUT2D eigenvalue weighted by Gasteiger charge is 2.35. The summed E-state index contributed by atoms with van der Waals surface area (Å²) in [6, 6.07) is 0. The molecule has 6 heteroatoms. The molecule has 0 aliphatic heterocycles. The van der Waals surface area contributed by atoms with E-state index in [9.17, 15) is 14.4 Å². The summed E-state index contributed by atoms with van der Waals surface area (Å²) in [5.74, 6) is -1.70. The third-order valence-electron chi connectivity index (χ3n) is 3.67. The molecule has 6 nitrogen and oxygen atoms in total. The van der Waals surface area contributed by atoms with Crippen molar-refractivity contribution < 1.29 is 24.0 Å². The van der Waals surface area contributed by atoms with Crippen LogP contribution in [-0.4, -0.2) is 23.9 Å². The zero-order valence-electron chi connectivity index (χ0n) is 12.5. The normalized spacial score (nSPS) is 25.9.